The van der Waals surface area contributed by atoms with Gasteiger partial charge in [-0.2, -0.15) is 5.10 Å². The van der Waals surface area contributed by atoms with Crippen LogP contribution in [0.2, 0.25) is 5.15 Å². The minimum absolute atomic E-state index is 0.265. The lowest BCUT2D eigenvalue weighted by molar-refractivity contribution is -0.158. The number of carbonyl (C=O) groups excluding carboxylic acids is 1. The number of hydrogen-bond donors (Lipinski definition) is 0. The van der Waals surface area contributed by atoms with Gasteiger partial charge in [-0.1, -0.05) is 59.3 Å². The van der Waals surface area contributed by atoms with E-state index in [1.807, 2.05) is 61.5 Å². The standard InChI is InChI=1S/C26H21ClN4O4S/c1-14-17(22(27)31(29-14)15-9-5-4-6-10-15)13-19-23(32)30-21-16-11-7-8-12-18(16)35-26(2,28-25(30)36-19)20(21)24(33)34-3/h4-13,20-21H,1-3H3/b19-13-. The van der Waals surface area contributed by atoms with Crippen LogP contribution >= 0.6 is 22.9 Å². The summed E-state index contributed by atoms with van der Waals surface area (Å²) in [6.45, 7) is 3.59. The van der Waals surface area contributed by atoms with Crippen LogP contribution in [0.3, 0.4) is 0 Å². The van der Waals surface area contributed by atoms with E-state index >= 15 is 0 Å². The molecule has 182 valence electrons. The molecule has 4 heterocycles. The number of ether oxygens (including phenoxy) is 2. The summed E-state index contributed by atoms with van der Waals surface area (Å²) in [6.07, 6.45) is 1.74. The molecule has 3 unspecified atom stereocenters. The molecular formula is C26H21ClN4O4S. The van der Waals surface area contributed by atoms with Crippen molar-refractivity contribution in [3.8, 4) is 11.4 Å². The zero-order valence-corrected chi connectivity index (χ0v) is 21.2. The van der Waals surface area contributed by atoms with Crippen molar-refractivity contribution < 1.29 is 14.3 Å². The first-order valence-electron chi connectivity index (χ1n) is 11.3. The van der Waals surface area contributed by atoms with Crippen LogP contribution in [0.25, 0.3) is 11.8 Å². The molecule has 0 amide bonds. The fourth-order valence-corrected chi connectivity index (χ4v) is 6.39. The molecule has 0 fully saturated rings. The average Bonchev–Trinajstić information content (AvgIpc) is 3.33. The summed E-state index contributed by atoms with van der Waals surface area (Å²) < 4.78 is 15.0. The third-order valence-corrected chi connectivity index (χ3v) is 8.01. The number of esters is 1. The van der Waals surface area contributed by atoms with Crippen LogP contribution in [-0.4, -0.2) is 33.2 Å². The van der Waals surface area contributed by atoms with Gasteiger partial charge >= 0.3 is 5.97 Å². The van der Waals surface area contributed by atoms with Gasteiger partial charge in [-0.05, 0) is 38.1 Å². The van der Waals surface area contributed by atoms with Gasteiger partial charge in [0.15, 0.2) is 4.80 Å². The van der Waals surface area contributed by atoms with Crippen molar-refractivity contribution in [3.63, 3.8) is 0 Å². The van der Waals surface area contributed by atoms with E-state index in [1.165, 1.54) is 18.4 Å². The molecule has 0 saturated heterocycles. The van der Waals surface area contributed by atoms with Crippen molar-refractivity contribution in [3.05, 3.63) is 96.3 Å². The smallest absolute Gasteiger partial charge is 0.317 e. The van der Waals surface area contributed by atoms with Crippen LogP contribution in [0, 0.1) is 12.8 Å². The summed E-state index contributed by atoms with van der Waals surface area (Å²) in [4.78, 5) is 32.0. The van der Waals surface area contributed by atoms with Crippen LogP contribution in [0.1, 0.15) is 29.8 Å². The van der Waals surface area contributed by atoms with Gasteiger partial charge in [0.25, 0.3) is 5.56 Å². The molecule has 2 aromatic heterocycles. The number of hydrogen-bond acceptors (Lipinski definition) is 7. The zero-order valence-electron chi connectivity index (χ0n) is 19.6. The second kappa shape index (κ2) is 8.18. The van der Waals surface area contributed by atoms with Gasteiger partial charge in [0.05, 0.1) is 29.1 Å². The van der Waals surface area contributed by atoms with E-state index in [-0.39, 0.29) is 5.56 Å². The molecule has 2 bridgehead atoms. The maximum Gasteiger partial charge on any atom is 0.317 e. The summed E-state index contributed by atoms with van der Waals surface area (Å²) in [7, 11) is 1.33. The Morgan fingerprint density at radius 2 is 1.92 bits per heavy atom. The van der Waals surface area contributed by atoms with Crippen molar-refractivity contribution in [2.75, 3.05) is 7.11 Å². The second-order valence-electron chi connectivity index (χ2n) is 8.86. The van der Waals surface area contributed by atoms with Crippen LogP contribution in [0.4, 0.5) is 0 Å². The van der Waals surface area contributed by atoms with Crippen molar-refractivity contribution in [1.82, 2.24) is 14.3 Å². The van der Waals surface area contributed by atoms with E-state index in [2.05, 4.69) is 5.10 Å². The van der Waals surface area contributed by atoms with Gasteiger partial charge in [0.2, 0.25) is 5.72 Å². The van der Waals surface area contributed by atoms with Crippen molar-refractivity contribution in [2.24, 2.45) is 10.9 Å². The molecule has 0 aliphatic carbocycles. The summed E-state index contributed by atoms with van der Waals surface area (Å²) in [5.41, 5.74) is 1.40. The number of thiazole rings is 1. The molecule has 6 rings (SSSR count). The van der Waals surface area contributed by atoms with E-state index in [9.17, 15) is 9.59 Å². The first kappa shape index (κ1) is 22.8. The Morgan fingerprint density at radius 1 is 1.19 bits per heavy atom. The first-order valence-corrected chi connectivity index (χ1v) is 12.5. The molecule has 3 atom stereocenters. The zero-order chi connectivity index (χ0) is 25.2. The number of aromatic nitrogens is 3. The van der Waals surface area contributed by atoms with Crippen molar-refractivity contribution >= 4 is 35.0 Å². The van der Waals surface area contributed by atoms with Gasteiger partial charge in [-0.25, -0.2) is 9.67 Å². The molecule has 2 aromatic carbocycles. The summed E-state index contributed by atoms with van der Waals surface area (Å²) in [6, 6.07) is 16.3. The molecule has 0 N–H and O–H groups in total. The van der Waals surface area contributed by atoms with E-state index in [1.54, 1.807) is 22.2 Å². The number of para-hydroxylation sites is 2. The Balaban J connectivity index is 1.58. The monoisotopic (exact) mass is 520 g/mol. The van der Waals surface area contributed by atoms with Crippen LogP contribution in [0.5, 0.6) is 5.75 Å². The lowest BCUT2D eigenvalue weighted by atomic mass is 9.81. The largest absolute Gasteiger partial charge is 0.469 e. The molecule has 0 spiro atoms. The van der Waals surface area contributed by atoms with Crippen LogP contribution in [-0.2, 0) is 9.53 Å². The molecule has 0 saturated carbocycles. The normalized spacial score (nSPS) is 22.3. The van der Waals surface area contributed by atoms with E-state index in [4.69, 9.17) is 26.1 Å². The maximum absolute atomic E-state index is 13.8. The van der Waals surface area contributed by atoms with Gasteiger partial charge in [-0.3, -0.25) is 14.2 Å². The van der Waals surface area contributed by atoms with Gasteiger partial charge in [0, 0.05) is 11.1 Å². The fraction of sp³-hybridized carbons (Fsp3) is 0.231. The number of rotatable bonds is 3. The molecule has 36 heavy (non-hydrogen) atoms. The average molecular weight is 521 g/mol. The Kier molecular flexibility index (Phi) is 5.17. The number of fused-ring (bicyclic) bond motifs is 6. The van der Waals surface area contributed by atoms with Crippen molar-refractivity contribution in [1.29, 1.82) is 0 Å². The van der Waals surface area contributed by atoms with E-state index < -0.39 is 23.7 Å². The number of benzene rings is 2. The van der Waals surface area contributed by atoms with Crippen molar-refractivity contribution in [2.45, 2.75) is 25.6 Å². The highest BCUT2D eigenvalue weighted by Gasteiger charge is 2.55. The minimum Gasteiger partial charge on any atom is -0.469 e. The van der Waals surface area contributed by atoms with Gasteiger partial charge < -0.3 is 9.47 Å². The topological polar surface area (TPSA) is 87.7 Å². The lowest BCUT2D eigenvalue weighted by Gasteiger charge is -2.44. The number of carbonyl (C=O) groups is 1. The summed E-state index contributed by atoms with van der Waals surface area (Å²) in [5, 5.41) is 4.97. The predicted octanol–water partition coefficient (Wildman–Crippen LogP) is 3.01. The SMILES string of the molecule is COC(=O)C1C2c3ccccc3OC1(C)N=c1s/c(=C\c3c(C)nn(-c4ccccc4)c3Cl)c(=O)n12. The molecule has 0 radical (unpaired) electrons. The summed E-state index contributed by atoms with van der Waals surface area (Å²) in [5.74, 6) is -0.722. The first-order chi connectivity index (χ1) is 17.3. The Labute approximate surface area is 214 Å². The fourth-order valence-electron chi connectivity index (χ4n) is 4.98. The predicted molar refractivity (Wildman–Crippen MR) is 135 cm³/mol. The third-order valence-electron chi connectivity index (χ3n) is 6.66. The number of aryl methyl sites for hydroxylation is 1. The Bertz CT molecular complexity index is 1710. The van der Waals surface area contributed by atoms with E-state index in [0.717, 1.165) is 11.3 Å². The highest BCUT2D eigenvalue weighted by molar-refractivity contribution is 7.07. The maximum atomic E-state index is 13.8. The second-order valence-corrected chi connectivity index (χ2v) is 10.2. The van der Waals surface area contributed by atoms with Gasteiger partial charge in [0.1, 0.15) is 16.8 Å². The summed E-state index contributed by atoms with van der Waals surface area (Å²) >= 11 is 7.95. The highest BCUT2D eigenvalue weighted by Crippen LogP contribution is 2.47. The molecule has 4 aromatic rings. The molecule has 2 aliphatic heterocycles. The van der Waals surface area contributed by atoms with Crippen LogP contribution < -0.4 is 19.6 Å². The quantitative estimate of drug-likeness (QED) is 0.388. The Hall–Kier alpha value is -3.69. The van der Waals surface area contributed by atoms with E-state index in [0.29, 0.717) is 31.5 Å². The molecule has 8 nitrogen and oxygen atoms in total. The molecule has 2 aliphatic rings. The minimum atomic E-state index is -1.22. The molecular weight excluding hydrogens is 500 g/mol. The Morgan fingerprint density at radius 3 is 2.67 bits per heavy atom. The third kappa shape index (κ3) is 3.26. The highest BCUT2D eigenvalue weighted by atomic mass is 35.5. The lowest BCUT2D eigenvalue weighted by Crippen LogP contribution is -2.58. The number of halogens is 1. The molecule has 10 heteroatoms. The van der Waals surface area contributed by atoms with Crippen LogP contribution in [0.15, 0.2) is 64.4 Å². The number of methoxy groups -OCH3 is 1. The number of nitrogens with zero attached hydrogens (tertiary/aromatic N) is 4. The van der Waals surface area contributed by atoms with Gasteiger partial charge in [-0.15, -0.1) is 0 Å².